The van der Waals surface area contributed by atoms with Crippen molar-refractivity contribution in [1.82, 2.24) is 0 Å². The monoisotopic (exact) mass is 684 g/mol. The first-order chi connectivity index (χ1) is 38.3. The van der Waals surface area contributed by atoms with Gasteiger partial charge in [0.05, 0.1) is 41.1 Å². The summed E-state index contributed by atoms with van der Waals surface area (Å²) in [6.07, 6.45) is 0. The third-order valence-electron chi connectivity index (χ3n) is 9.44. The van der Waals surface area contributed by atoms with E-state index in [1.165, 1.54) is 0 Å². The molecule has 0 fully saturated rings. The van der Waals surface area contributed by atoms with Crippen LogP contribution in [0, 0.1) is 0 Å². The van der Waals surface area contributed by atoms with Gasteiger partial charge >= 0.3 is 0 Å². The molecule has 0 aliphatic rings. The molecular weight excluding hydrogens is 625 g/mol. The van der Waals surface area contributed by atoms with Crippen LogP contribution in [0.4, 0.5) is 0 Å². The van der Waals surface area contributed by atoms with E-state index in [0.717, 1.165) is 0 Å². The molecule has 0 amide bonds. The molecule has 0 atom stereocenters. The molecule has 12 aromatic rings. The Morgan fingerprint density at radius 3 is 1.21 bits per heavy atom. The van der Waals surface area contributed by atoms with Crippen molar-refractivity contribution in [2.24, 2.45) is 0 Å². The van der Waals surface area contributed by atoms with Gasteiger partial charge in [-0.25, -0.2) is 0 Å². The van der Waals surface area contributed by atoms with Crippen molar-refractivity contribution in [3.05, 3.63) is 181 Å². The van der Waals surface area contributed by atoms with E-state index in [1.807, 2.05) is 0 Å². The summed E-state index contributed by atoms with van der Waals surface area (Å²) in [7, 11) is 0. The van der Waals surface area contributed by atoms with Crippen molar-refractivity contribution in [3.63, 3.8) is 0 Å². The number of fused-ring (bicyclic) bond motifs is 5. The highest BCUT2D eigenvalue weighted by atomic mass is 14.2. The van der Waals surface area contributed by atoms with Gasteiger partial charge in [0.25, 0.3) is 0 Å². The van der Waals surface area contributed by atoms with E-state index >= 15 is 0 Å². The second-order valence-electron chi connectivity index (χ2n) is 12.0. The molecule has 238 valence electrons. The number of hydrogen-bond acceptors (Lipinski definition) is 0. The van der Waals surface area contributed by atoms with Crippen molar-refractivity contribution in [2.75, 3.05) is 0 Å². The van der Waals surface area contributed by atoms with E-state index in [0.29, 0.717) is 0 Å². The molecule has 0 aliphatic carbocycles. The Morgan fingerprint density at radius 2 is 0.635 bits per heavy atom. The van der Waals surface area contributed by atoms with E-state index < -0.39 is 300 Å². The highest BCUT2D eigenvalue weighted by Crippen LogP contribution is 2.48. The van der Waals surface area contributed by atoms with Crippen LogP contribution in [-0.2, 0) is 0 Å². The topological polar surface area (TPSA) is 0 Å². The van der Waals surface area contributed by atoms with Gasteiger partial charge < -0.3 is 0 Å². The Balaban J connectivity index is 1.53. The van der Waals surface area contributed by atoms with E-state index in [1.54, 1.807) is 0 Å². The highest BCUT2D eigenvalue weighted by Gasteiger charge is 2.20. The minimum atomic E-state index is -1.06. The third kappa shape index (κ3) is 3.71. The van der Waals surface area contributed by atoms with Gasteiger partial charge in [0.2, 0.25) is 0 Å². The van der Waals surface area contributed by atoms with E-state index in [-0.39, 0.29) is 0 Å². The molecule has 0 aliphatic heterocycles. The Kier molecular flexibility index (Phi) is 2.38. The van der Waals surface area contributed by atoms with Gasteiger partial charge in [-0.2, -0.15) is 0 Å². The molecule has 0 spiro atoms. The van der Waals surface area contributed by atoms with Crippen LogP contribution >= 0.6 is 0 Å². The van der Waals surface area contributed by atoms with Crippen LogP contribution in [-0.4, -0.2) is 0 Å². The number of hydrogen-bond donors (Lipinski definition) is 0. The highest BCUT2D eigenvalue weighted by molar-refractivity contribution is 6.37. The Hall–Kier alpha value is -6.76. The van der Waals surface area contributed by atoms with Crippen LogP contribution in [0.25, 0.3) is 119 Å². The SMILES string of the molecule is [2H]c1c([2H])c([2H])c2c(-c3c4c([2H])c([2H])c([2H])c([2H])c4c(-c4c([2H])c5c([2H])c([2H])c6c([2H])c([2H])c([2H])c7c8c([2H])c([2H])c([2H])c9c([2H])c([2H])c%10c([2H])c([2H])c([2H])c(c(c4[2H])c5c67)c%10c98)c4c([2H])c([2H])c([2H])c([2H])c34)c([2H])c([2H])c([2H])c2c1[2H]. The molecule has 0 bridgehead atoms. The Morgan fingerprint density at radius 1 is 0.250 bits per heavy atom. The smallest absolute Gasteiger partial charge is 0.0616 e. The van der Waals surface area contributed by atoms with Crippen LogP contribution in [0.5, 0.6) is 0 Å². The van der Waals surface area contributed by atoms with Gasteiger partial charge in [0.1, 0.15) is 0 Å². The molecule has 12 rings (SSSR count). The summed E-state index contributed by atoms with van der Waals surface area (Å²) in [5.41, 5.74) is -3.24. The van der Waals surface area contributed by atoms with E-state index in [9.17, 15) is 24.7 Å². The molecule has 0 nitrogen and oxygen atoms in total. The molecule has 0 unspecified atom stereocenters. The first-order valence-electron chi connectivity index (χ1n) is 30.8. The number of rotatable bonds is 2. The first-order valence-corrected chi connectivity index (χ1v) is 15.8. The minimum Gasteiger partial charge on any atom is -0.0616 e. The normalized spacial score (nSPS) is 20.3. The summed E-state index contributed by atoms with van der Waals surface area (Å²) < 4.78 is 280. The molecule has 0 N–H and O–H groups in total. The zero-order chi connectivity index (χ0) is 60.0. The van der Waals surface area contributed by atoms with E-state index in [4.69, 9.17) is 16.4 Å². The summed E-state index contributed by atoms with van der Waals surface area (Å²) >= 11 is 0. The molecule has 0 radical (unpaired) electrons. The fourth-order valence-electron chi connectivity index (χ4n) is 7.38. The van der Waals surface area contributed by atoms with Crippen molar-refractivity contribution < 1.29 is 41.1 Å². The summed E-state index contributed by atoms with van der Waals surface area (Å²) in [5.74, 6) is 0. The Labute approximate surface area is 342 Å². The predicted octanol–water partition coefficient (Wildman–Crippen LogP) is 14.8. The average molecular weight is 685 g/mol. The lowest BCUT2D eigenvalue weighted by molar-refractivity contribution is 1.69. The molecule has 0 heterocycles. The van der Waals surface area contributed by atoms with Crippen LogP contribution in [0.2, 0.25) is 0 Å². The summed E-state index contributed by atoms with van der Waals surface area (Å²) in [5, 5.41) is -11.6. The zero-order valence-electron chi connectivity index (χ0n) is 56.0. The van der Waals surface area contributed by atoms with E-state index in [2.05, 4.69) is 0 Å². The van der Waals surface area contributed by atoms with Gasteiger partial charge in [-0.15, -0.1) is 0 Å². The average Bonchev–Trinajstić information content (AvgIpc) is 0.746. The van der Waals surface area contributed by atoms with Crippen molar-refractivity contribution >= 4 is 97.0 Å². The van der Waals surface area contributed by atoms with Crippen LogP contribution < -0.4 is 0 Å². The van der Waals surface area contributed by atoms with Gasteiger partial charge in [0.15, 0.2) is 0 Å². The molecule has 12 aromatic carbocycles. The summed E-state index contributed by atoms with van der Waals surface area (Å²) in [4.78, 5) is 0. The van der Waals surface area contributed by atoms with Gasteiger partial charge in [0, 0.05) is 0 Å². The third-order valence-corrected chi connectivity index (χ3v) is 9.44. The molecule has 52 heavy (non-hydrogen) atoms. The molecule has 0 aromatic heterocycles. The van der Waals surface area contributed by atoms with Gasteiger partial charge in [-0.05, 0) is 131 Å². The lowest BCUT2D eigenvalue weighted by Crippen LogP contribution is -1.93. The maximum absolute atomic E-state index is 10.6. The molecule has 0 heteroatoms. The van der Waals surface area contributed by atoms with Gasteiger partial charge in [-0.3, -0.25) is 0 Å². The Bertz CT molecular complexity index is 5100. The largest absolute Gasteiger partial charge is 0.0636 e. The lowest BCUT2D eigenvalue weighted by atomic mass is 9.83. The minimum absolute atomic E-state index is 0.477. The predicted molar refractivity (Wildman–Crippen MR) is 226 cm³/mol. The van der Waals surface area contributed by atoms with Crippen molar-refractivity contribution in [3.8, 4) is 22.3 Å². The standard InChI is InChI=1S/C52H30/c1-2-16-37-31(11-1)12-7-21-38(37)52-43-19-5-3-17-39(43)47(40-18-4-6-20-44(40)52)36-29-35-28-27-34-14-9-23-42-41-22-8-13-32-25-26-33-15-10-24-45(50(33)48(32)41)46(30-36)51(35)49(34)42/h1-30H/i1D,2D,3D,4D,5D,6D,7D,8D,9D,10D,11D,12D,13D,14D,15D,16D,17D,18D,19D,20D,21D,22D,23D,24D,25D,26D,27D,28D,29D,30D. The maximum Gasteiger partial charge on any atom is 0.0636 e. The summed E-state index contributed by atoms with van der Waals surface area (Å²) in [6, 6.07) is -28.6. The first kappa shape index (κ1) is 11.9. The second kappa shape index (κ2) is 10.4. The van der Waals surface area contributed by atoms with Crippen LogP contribution in [0.3, 0.4) is 0 Å². The maximum atomic E-state index is 10.6. The zero-order valence-corrected chi connectivity index (χ0v) is 26.0. The summed E-state index contributed by atoms with van der Waals surface area (Å²) in [6.45, 7) is 0. The number of benzene rings is 11. The molecule has 0 saturated heterocycles. The lowest BCUT2D eigenvalue weighted by Gasteiger charge is -2.20. The van der Waals surface area contributed by atoms with Crippen LogP contribution in [0.1, 0.15) is 41.1 Å². The van der Waals surface area contributed by atoms with Crippen molar-refractivity contribution in [1.29, 1.82) is 0 Å². The molecule has 0 saturated carbocycles. The fourth-order valence-corrected chi connectivity index (χ4v) is 7.38. The fraction of sp³-hybridized carbons (Fsp3) is 0. The molecular formula is C52H30. The van der Waals surface area contributed by atoms with Gasteiger partial charge in [-0.1, -0.05) is 169 Å². The second-order valence-corrected chi connectivity index (χ2v) is 12.0. The van der Waals surface area contributed by atoms with Crippen LogP contribution in [0.15, 0.2) is 181 Å². The quantitative estimate of drug-likeness (QED) is 0.126. The van der Waals surface area contributed by atoms with Crippen molar-refractivity contribution in [2.45, 2.75) is 0 Å².